The molecule has 1 heterocycles. The summed E-state index contributed by atoms with van der Waals surface area (Å²) in [6.45, 7) is 2.04. The number of benzene rings is 1. The van der Waals surface area contributed by atoms with Crippen molar-refractivity contribution in [1.29, 1.82) is 0 Å². The molecule has 11 heavy (non-hydrogen) atoms. The molecule has 1 aromatic heterocycles. The van der Waals surface area contributed by atoms with Crippen molar-refractivity contribution in [3.05, 3.63) is 26.8 Å². The summed E-state index contributed by atoms with van der Waals surface area (Å²) in [5.74, 6) is 0. The molecule has 1 nitrogen and oxygen atoms in total. The van der Waals surface area contributed by atoms with Crippen LogP contribution in [0.15, 0.2) is 18.2 Å². The van der Waals surface area contributed by atoms with Gasteiger partial charge >= 0.3 is 0 Å². The second kappa shape index (κ2) is 2.71. The molecule has 0 aliphatic heterocycles. The Kier molecular flexibility index (Phi) is 1.85. The second-order valence-electron chi connectivity index (χ2n) is 2.34. The molecular formula is C8H6INS. The number of halogens is 1. The quantitative estimate of drug-likeness (QED) is 0.673. The summed E-state index contributed by atoms with van der Waals surface area (Å²) in [6.07, 6.45) is 0. The molecule has 2 rings (SSSR count). The molecule has 0 bridgehead atoms. The minimum absolute atomic E-state index is 1.12. The Morgan fingerprint density at radius 1 is 1.45 bits per heavy atom. The lowest BCUT2D eigenvalue weighted by Gasteiger charge is -1.87. The van der Waals surface area contributed by atoms with Crippen LogP contribution in [0.2, 0.25) is 0 Å². The third kappa shape index (κ3) is 1.39. The molecule has 0 saturated heterocycles. The van der Waals surface area contributed by atoms with Gasteiger partial charge in [-0.25, -0.2) is 4.98 Å². The van der Waals surface area contributed by atoms with Gasteiger partial charge < -0.3 is 0 Å². The molecule has 0 spiro atoms. The lowest BCUT2D eigenvalue weighted by molar-refractivity contribution is 1.35. The van der Waals surface area contributed by atoms with Crippen LogP contribution in [0.3, 0.4) is 0 Å². The maximum atomic E-state index is 4.37. The number of rotatable bonds is 0. The zero-order chi connectivity index (χ0) is 7.84. The Labute approximate surface area is 82.6 Å². The van der Waals surface area contributed by atoms with Crippen molar-refractivity contribution in [2.75, 3.05) is 0 Å². The summed E-state index contributed by atoms with van der Waals surface area (Å²) in [5.41, 5.74) is 1.12. The molecule has 0 amide bonds. The van der Waals surface area contributed by atoms with Crippen LogP contribution in [0, 0.1) is 10.5 Å². The highest BCUT2D eigenvalue weighted by atomic mass is 127. The van der Waals surface area contributed by atoms with E-state index in [4.69, 9.17) is 0 Å². The fourth-order valence-corrected chi connectivity index (χ4v) is 2.58. The summed E-state index contributed by atoms with van der Waals surface area (Å²) in [6, 6.07) is 6.32. The van der Waals surface area contributed by atoms with Crippen LogP contribution < -0.4 is 0 Å². The summed E-state index contributed by atoms with van der Waals surface area (Å²) in [4.78, 5) is 4.37. The Morgan fingerprint density at radius 2 is 2.27 bits per heavy atom. The smallest absolute Gasteiger partial charge is 0.0907 e. The van der Waals surface area contributed by atoms with E-state index in [0.717, 1.165) is 10.5 Å². The molecule has 0 atom stereocenters. The van der Waals surface area contributed by atoms with Crippen molar-refractivity contribution in [1.82, 2.24) is 4.98 Å². The summed E-state index contributed by atoms with van der Waals surface area (Å²) >= 11 is 4.07. The Hall–Kier alpha value is -0.160. The lowest BCUT2D eigenvalue weighted by Crippen LogP contribution is -1.69. The standard InChI is InChI=1S/C8H6INS/c1-5-10-7-3-2-6(9)4-8(7)11-5/h2-4H,1H3. The van der Waals surface area contributed by atoms with E-state index in [1.165, 1.54) is 8.27 Å². The fourth-order valence-electron chi connectivity index (χ4n) is 1.01. The first kappa shape index (κ1) is 7.49. The Morgan fingerprint density at radius 3 is 3.09 bits per heavy atom. The molecule has 0 saturated carbocycles. The lowest BCUT2D eigenvalue weighted by atomic mass is 10.3. The molecule has 56 valence electrons. The number of aromatic nitrogens is 1. The molecule has 1 aromatic carbocycles. The zero-order valence-electron chi connectivity index (χ0n) is 5.97. The van der Waals surface area contributed by atoms with Gasteiger partial charge in [0.2, 0.25) is 0 Å². The first-order valence-electron chi connectivity index (χ1n) is 3.28. The van der Waals surface area contributed by atoms with Gasteiger partial charge in [0, 0.05) is 3.57 Å². The van der Waals surface area contributed by atoms with Gasteiger partial charge in [-0.3, -0.25) is 0 Å². The van der Waals surface area contributed by atoms with Crippen LogP contribution in [0.1, 0.15) is 5.01 Å². The SMILES string of the molecule is Cc1nc2ccc(I)cc2s1. The van der Waals surface area contributed by atoms with Crippen LogP contribution in [0.25, 0.3) is 10.2 Å². The summed E-state index contributed by atoms with van der Waals surface area (Å²) in [5, 5.41) is 1.14. The number of nitrogens with zero attached hydrogens (tertiary/aromatic N) is 1. The maximum Gasteiger partial charge on any atom is 0.0907 e. The third-order valence-electron chi connectivity index (χ3n) is 1.46. The van der Waals surface area contributed by atoms with E-state index in [2.05, 4.69) is 45.8 Å². The van der Waals surface area contributed by atoms with E-state index in [1.54, 1.807) is 11.3 Å². The normalized spacial score (nSPS) is 10.7. The van der Waals surface area contributed by atoms with E-state index in [9.17, 15) is 0 Å². The van der Waals surface area contributed by atoms with Crippen molar-refractivity contribution < 1.29 is 0 Å². The van der Waals surface area contributed by atoms with Gasteiger partial charge in [-0.2, -0.15) is 0 Å². The molecule has 0 radical (unpaired) electrons. The maximum absolute atomic E-state index is 4.37. The highest BCUT2D eigenvalue weighted by Gasteiger charge is 1.98. The number of thiazole rings is 1. The second-order valence-corrected chi connectivity index (χ2v) is 4.83. The topological polar surface area (TPSA) is 12.9 Å². The number of hydrogen-bond acceptors (Lipinski definition) is 2. The third-order valence-corrected chi connectivity index (χ3v) is 3.06. The average molecular weight is 275 g/mol. The van der Waals surface area contributed by atoms with Crippen molar-refractivity contribution in [3.63, 3.8) is 0 Å². The van der Waals surface area contributed by atoms with Crippen LogP contribution in [0.5, 0.6) is 0 Å². The van der Waals surface area contributed by atoms with Crippen LogP contribution >= 0.6 is 33.9 Å². The first-order chi connectivity index (χ1) is 5.25. The van der Waals surface area contributed by atoms with Gasteiger partial charge in [0.25, 0.3) is 0 Å². The fraction of sp³-hybridized carbons (Fsp3) is 0.125. The van der Waals surface area contributed by atoms with Gasteiger partial charge in [0.05, 0.1) is 15.2 Å². The average Bonchev–Trinajstić information content (AvgIpc) is 2.27. The van der Waals surface area contributed by atoms with E-state index >= 15 is 0 Å². The van der Waals surface area contributed by atoms with Crippen LogP contribution in [-0.4, -0.2) is 4.98 Å². The molecule has 0 fully saturated rings. The van der Waals surface area contributed by atoms with Crippen LogP contribution in [0.4, 0.5) is 0 Å². The summed E-state index contributed by atoms with van der Waals surface area (Å²) < 4.78 is 2.56. The van der Waals surface area contributed by atoms with Crippen molar-refractivity contribution in [2.24, 2.45) is 0 Å². The van der Waals surface area contributed by atoms with Crippen LogP contribution in [-0.2, 0) is 0 Å². The molecule has 0 aliphatic carbocycles. The highest BCUT2D eigenvalue weighted by molar-refractivity contribution is 14.1. The zero-order valence-corrected chi connectivity index (χ0v) is 8.94. The molecule has 2 aromatic rings. The Balaban J connectivity index is 2.82. The van der Waals surface area contributed by atoms with Gasteiger partial charge in [-0.1, -0.05) is 0 Å². The molecular weight excluding hydrogens is 269 g/mol. The molecule has 0 unspecified atom stereocenters. The van der Waals surface area contributed by atoms with Gasteiger partial charge in [-0.15, -0.1) is 11.3 Å². The minimum atomic E-state index is 1.12. The van der Waals surface area contributed by atoms with Crippen molar-refractivity contribution in [3.8, 4) is 0 Å². The monoisotopic (exact) mass is 275 g/mol. The van der Waals surface area contributed by atoms with Crippen molar-refractivity contribution >= 4 is 44.1 Å². The van der Waals surface area contributed by atoms with E-state index in [-0.39, 0.29) is 0 Å². The molecule has 0 N–H and O–H groups in total. The number of aryl methyl sites for hydroxylation is 1. The number of hydrogen-bond donors (Lipinski definition) is 0. The minimum Gasteiger partial charge on any atom is -0.242 e. The van der Waals surface area contributed by atoms with E-state index in [1.807, 2.05) is 6.92 Å². The first-order valence-corrected chi connectivity index (χ1v) is 5.18. The molecule has 3 heteroatoms. The van der Waals surface area contributed by atoms with Gasteiger partial charge in [0.1, 0.15) is 0 Å². The van der Waals surface area contributed by atoms with E-state index < -0.39 is 0 Å². The number of fused-ring (bicyclic) bond motifs is 1. The predicted molar refractivity (Wildman–Crippen MR) is 57.1 cm³/mol. The largest absolute Gasteiger partial charge is 0.242 e. The summed E-state index contributed by atoms with van der Waals surface area (Å²) in [7, 11) is 0. The van der Waals surface area contributed by atoms with Gasteiger partial charge in [0.15, 0.2) is 0 Å². The van der Waals surface area contributed by atoms with E-state index in [0.29, 0.717) is 0 Å². The van der Waals surface area contributed by atoms with Gasteiger partial charge in [-0.05, 0) is 47.7 Å². The Bertz CT molecular complexity index is 394. The van der Waals surface area contributed by atoms with Crippen molar-refractivity contribution in [2.45, 2.75) is 6.92 Å². The predicted octanol–water partition coefficient (Wildman–Crippen LogP) is 3.21. The highest BCUT2D eigenvalue weighted by Crippen LogP contribution is 2.22. The molecule has 0 aliphatic rings.